The van der Waals surface area contributed by atoms with Crippen LogP contribution < -0.4 is 10.6 Å². The molecular formula is C13H26F2N4O2S. The fourth-order valence-electron chi connectivity index (χ4n) is 2.26. The molecule has 0 amide bonds. The zero-order chi connectivity index (χ0) is 17.0. The second-order valence-corrected chi connectivity index (χ2v) is 8.38. The molecule has 0 saturated carbocycles. The van der Waals surface area contributed by atoms with Crippen LogP contribution in [-0.4, -0.2) is 56.7 Å². The smallest absolute Gasteiger partial charge is 0.350 e. The zero-order valence-corrected chi connectivity index (χ0v) is 14.4. The lowest BCUT2D eigenvalue weighted by Gasteiger charge is -2.31. The normalized spacial score (nSPS) is 19.5. The molecule has 22 heavy (non-hydrogen) atoms. The first-order valence-electron chi connectivity index (χ1n) is 7.32. The highest BCUT2D eigenvalue weighted by Crippen LogP contribution is 2.22. The van der Waals surface area contributed by atoms with Gasteiger partial charge < -0.3 is 10.6 Å². The highest BCUT2D eigenvalue weighted by molar-refractivity contribution is 7.89. The first kappa shape index (κ1) is 19.1. The molecule has 2 N–H and O–H groups in total. The van der Waals surface area contributed by atoms with Crippen LogP contribution in [0.2, 0.25) is 0 Å². The Labute approximate surface area is 131 Å². The molecule has 0 bridgehead atoms. The van der Waals surface area contributed by atoms with E-state index in [2.05, 4.69) is 15.6 Å². The van der Waals surface area contributed by atoms with Gasteiger partial charge in [-0.3, -0.25) is 4.99 Å². The average molecular weight is 340 g/mol. The van der Waals surface area contributed by atoms with Gasteiger partial charge in [0.15, 0.2) is 5.96 Å². The summed E-state index contributed by atoms with van der Waals surface area (Å²) in [5.74, 6) is -2.42. The monoisotopic (exact) mass is 340 g/mol. The Kier molecular flexibility index (Phi) is 6.54. The van der Waals surface area contributed by atoms with Gasteiger partial charge in [0.2, 0.25) is 0 Å². The molecular weight excluding hydrogens is 314 g/mol. The van der Waals surface area contributed by atoms with E-state index in [4.69, 9.17) is 0 Å². The third-order valence-corrected chi connectivity index (χ3v) is 4.97. The molecule has 0 aromatic rings. The summed E-state index contributed by atoms with van der Waals surface area (Å²) in [6.07, 6.45) is 1.12. The fourth-order valence-corrected chi connectivity index (χ4v) is 3.20. The molecule has 1 aliphatic heterocycles. The zero-order valence-electron chi connectivity index (χ0n) is 13.6. The van der Waals surface area contributed by atoms with Gasteiger partial charge in [-0.05, 0) is 39.5 Å². The van der Waals surface area contributed by atoms with E-state index >= 15 is 0 Å². The third-order valence-electron chi connectivity index (χ3n) is 3.43. The Balaban J connectivity index is 2.44. The molecule has 0 aliphatic carbocycles. The molecule has 130 valence electrons. The van der Waals surface area contributed by atoms with Crippen molar-refractivity contribution in [2.45, 2.75) is 44.9 Å². The van der Waals surface area contributed by atoms with Crippen molar-refractivity contribution in [1.29, 1.82) is 0 Å². The minimum Gasteiger partial charge on any atom is -0.356 e. The summed E-state index contributed by atoms with van der Waals surface area (Å²) in [6.45, 7) is 6.99. The van der Waals surface area contributed by atoms with Crippen molar-refractivity contribution >= 4 is 16.0 Å². The van der Waals surface area contributed by atoms with Gasteiger partial charge in [0, 0.05) is 32.2 Å². The lowest BCUT2D eigenvalue weighted by atomic mass is 9.98. The molecule has 1 saturated heterocycles. The van der Waals surface area contributed by atoms with Crippen LogP contribution in [0.15, 0.2) is 4.99 Å². The van der Waals surface area contributed by atoms with E-state index in [1.807, 2.05) is 20.8 Å². The van der Waals surface area contributed by atoms with Crippen molar-refractivity contribution < 1.29 is 17.2 Å². The third kappa shape index (κ3) is 5.68. The van der Waals surface area contributed by atoms with Crippen LogP contribution in [0, 0.1) is 5.92 Å². The highest BCUT2D eigenvalue weighted by atomic mass is 32.2. The number of alkyl halides is 2. The number of hydrogen-bond acceptors (Lipinski definition) is 3. The van der Waals surface area contributed by atoms with Crippen molar-refractivity contribution in [3.8, 4) is 0 Å². The van der Waals surface area contributed by atoms with Crippen LogP contribution in [-0.2, 0) is 10.0 Å². The summed E-state index contributed by atoms with van der Waals surface area (Å²) in [5.41, 5.74) is -0.115. The molecule has 0 radical (unpaired) electrons. The highest BCUT2D eigenvalue weighted by Gasteiger charge is 2.34. The Morgan fingerprint density at radius 1 is 1.32 bits per heavy atom. The van der Waals surface area contributed by atoms with Gasteiger partial charge in [-0.1, -0.05) is 0 Å². The largest absolute Gasteiger partial charge is 0.356 e. The predicted molar refractivity (Wildman–Crippen MR) is 83.5 cm³/mol. The number of aliphatic imine (C=N–C) groups is 1. The number of nitrogens with zero attached hydrogens (tertiary/aromatic N) is 2. The quantitative estimate of drug-likeness (QED) is 0.596. The number of halogens is 2. The number of sulfonamides is 1. The molecule has 1 heterocycles. The molecule has 6 nitrogen and oxygen atoms in total. The molecule has 1 fully saturated rings. The van der Waals surface area contributed by atoms with E-state index in [1.54, 1.807) is 7.05 Å². The van der Waals surface area contributed by atoms with Crippen molar-refractivity contribution in [3.05, 3.63) is 0 Å². The second kappa shape index (κ2) is 7.54. The van der Waals surface area contributed by atoms with E-state index in [9.17, 15) is 17.2 Å². The van der Waals surface area contributed by atoms with Crippen molar-refractivity contribution in [2.75, 3.05) is 26.7 Å². The molecule has 1 rings (SSSR count). The van der Waals surface area contributed by atoms with Crippen LogP contribution >= 0.6 is 0 Å². The van der Waals surface area contributed by atoms with Gasteiger partial charge in [0.1, 0.15) is 0 Å². The first-order chi connectivity index (χ1) is 10.1. The van der Waals surface area contributed by atoms with E-state index in [1.165, 1.54) is 0 Å². The Hall–Kier alpha value is -0.960. The standard InChI is InChI=1S/C13H26F2N4O2S/c1-13(2,3)18-12(16-4)17-9-10-5-7-19(8-6-10)22(20,21)11(14)15/h10-11H,5-9H2,1-4H3,(H2,16,17,18). The predicted octanol–water partition coefficient (Wildman–Crippen LogP) is 1.21. The average Bonchev–Trinajstić information content (AvgIpc) is 2.42. The van der Waals surface area contributed by atoms with Crippen LogP contribution in [0.1, 0.15) is 33.6 Å². The molecule has 0 spiro atoms. The molecule has 0 aromatic carbocycles. The van der Waals surface area contributed by atoms with Crippen LogP contribution in [0.25, 0.3) is 0 Å². The maximum absolute atomic E-state index is 12.5. The summed E-state index contributed by atoms with van der Waals surface area (Å²) in [4.78, 5) is 4.12. The maximum atomic E-state index is 12.5. The summed E-state index contributed by atoms with van der Waals surface area (Å²) in [5, 5.41) is 6.42. The molecule has 0 unspecified atom stereocenters. The maximum Gasteiger partial charge on any atom is 0.350 e. The number of guanidine groups is 1. The number of rotatable bonds is 4. The Bertz CT molecular complexity index is 481. The minimum absolute atomic E-state index is 0.115. The van der Waals surface area contributed by atoms with E-state index in [-0.39, 0.29) is 24.5 Å². The van der Waals surface area contributed by atoms with Gasteiger partial charge in [-0.2, -0.15) is 13.1 Å². The Morgan fingerprint density at radius 3 is 2.27 bits per heavy atom. The SMILES string of the molecule is CN=C(NCC1CCN(S(=O)(=O)C(F)F)CC1)NC(C)(C)C. The van der Waals surface area contributed by atoms with Gasteiger partial charge in [0.25, 0.3) is 10.0 Å². The van der Waals surface area contributed by atoms with Gasteiger partial charge in [-0.15, -0.1) is 0 Å². The van der Waals surface area contributed by atoms with Crippen LogP contribution in [0.4, 0.5) is 8.78 Å². The second-order valence-electron chi connectivity index (χ2n) is 6.48. The van der Waals surface area contributed by atoms with E-state index < -0.39 is 15.8 Å². The molecule has 0 aromatic heterocycles. The van der Waals surface area contributed by atoms with E-state index in [0.717, 1.165) is 4.31 Å². The van der Waals surface area contributed by atoms with Crippen LogP contribution in [0.3, 0.4) is 0 Å². The first-order valence-corrected chi connectivity index (χ1v) is 8.82. The van der Waals surface area contributed by atoms with E-state index in [0.29, 0.717) is 25.3 Å². The molecule has 1 aliphatic rings. The molecule has 9 heteroatoms. The van der Waals surface area contributed by atoms with Crippen molar-refractivity contribution in [3.63, 3.8) is 0 Å². The summed E-state index contributed by atoms with van der Waals surface area (Å²) < 4.78 is 48.6. The van der Waals surface area contributed by atoms with Crippen LogP contribution in [0.5, 0.6) is 0 Å². The lowest BCUT2D eigenvalue weighted by Crippen LogP contribution is -2.49. The van der Waals surface area contributed by atoms with Crippen molar-refractivity contribution in [2.24, 2.45) is 10.9 Å². The number of nitrogens with one attached hydrogen (secondary N) is 2. The number of piperidine rings is 1. The molecule has 0 atom stereocenters. The summed E-state index contributed by atoms with van der Waals surface area (Å²) in [6, 6.07) is 0. The topological polar surface area (TPSA) is 73.8 Å². The fraction of sp³-hybridized carbons (Fsp3) is 0.923. The van der Waals surface area contributed by atoms with Gasteiger partial charge >= 0.3 is 5.76 Å². The summed E-state index contributed by atoms with van der Waals surface area (Å²) >= 11 is 0. The Morgan fingerprint density at radius 2 is 1.86 bits per heavy atom. The lowest BCUT2D eigenvalue weighted by molar-refractivity contribution is 0.204. The minimum atomic E-state index is -4.44. The van der Waals surface area contributed by atoms with Crippen molar-refractivity contribution in [1.82, 2.24) is 14.9 Å². The van der Waals surface area contributed by atoms with Gasteiger partial charge in [-0.25, -0.2) is 8.42 Å². The number of hydrogen-bond donors (Lipinski definition) is 2. The van der Waals surface area contributed by atoms with Gasteiger partial charge in [0.05, 0.1) is 0 Å². The summed E-state index contributed by atoms with van der Waals surface area (Å²) in [7, 11) is -2.76.